The van der Waals surface area contributed by atoms with Crippen molar-refractivity contribution in [1.29, 1.82) is 0 Å². The first kappa shape index (κ1) is 8.56. The molecular formula is C12H14N4. The third-order valence-corrected chi connectivity index (χ3v) is 3.39. The van der Waals surface area contributed by atoms with Crippen LogP contribution in [0.2, 0.25) is 0 Å². The van der Waals surface area contributed by atoms with E-state index >= 15 is 0 Å². The monoisotopic (exact) mass is 214 g/mol. The molecule has 2 aliphatic rings. The zero-order valence-corrected chi connectivity index (χ0v) is 9.08. The lowest BCUT2D eigenvalue weighted by molar-refractivity contribution is 0.587. The first-order valence-electron chi connectivity index (χ1n) is 6.02. The van der Waals surface area contributed by atoms with Gasteiger partial charge in [-0.15, -0.1) is 10.2 Å². The molecule has 0 radical (unpaired) electrons. The van der Waals surface area contributed by atoms with Crippen LogP contribution >= 0.6 is 0 Å². The Morgan fingerprint density at radius 2 is 1.38 bits per heavy atom. The fourth-order valence-electron chi connectivity index (χ4n) is 2.19. The second kappa shape index (κ2) is 2.97. The van der Waals surface area contributed by atoms with Gasteiger partial charge >= 0.3 is 0 Å². The summed E-state index contributed by atoms with van der Waals surface area (Å²) in [6.07, 6.45) is 9.21. The van der Waals surface area contributed by atoms with Crippen LogP contribution < -0.4 is 0 Å². The van der Waals surface area contributed by atoms with Crippen molar-refractivity contribution in [2.24, 2.45) is 0 Å². The number of aromatic nitrogens is 4. The third kappa shape index (κ3) is 1.22. The maximum atomic E-state index is 4.39. The molecule has 0 bridgehead atoms. The SMILES string of the molecule is c1ccn(-n2c(C3CC3)nnc2C2CC2)c1. The summed E-state index contributed by atoms with van der Waals surface area (Å²) in [5.41, 5.74) is 0. The van der Waals surface area contributed by atoms with E-state index in [1.165, 1.54) is 25.7 Å². The van der Waals surface area contributed by atoms with Crippen LogP contribution in [0.5, 0.6) is 0 Å². The fraction of sp³-hybridized carbons (Fsp3) is 0.500. The van der Waals surface area contributed by atoms with Crippen LogP contribution in [0.4, 0.5) is 0 Å². The minimum absolute atomic E-state index is 0.641. The molecule has 4 rings (SSSR count). The zero-order valence-electron chi connectivity index (χ0n) is 9.08. The summed E-state index contributed by atoms with van der Waals surface area (Å²) in [5, 5.41) is 8.78. The van der Waals surface area contributed by atoms with E-state index in [-0.39, 0.29) is 0 Å². The van der Waals surface area contributed by atoms with E-state index in [1.54, 1.807) is 0 Å². The maximum Gasteiger partial charge on any atom is 0.156 e. The van der Waals surface area contributed by atoms with Gasteiger partial charge in [0.15, 0.2) is 11.6 Å². The molecule has 2 aromatic rings. The summed E-state index contributed by atoms with van der Waals surface area (Å²) in [7, 11) is 0. The normalized spacial score (nSPS) is 20.2. The van der Waals surface area contributed by atoms with E-state index in [0.717, 1.165) is 11.6 Å². The quantitative estimate of drug-likeness (QED) is 0.784. The van der Waals surface area contributed by atoms with Crippen molar-refractivity contribution in [3.8, 4) is 0 Å². The molecule has 2 fully saturated rings. The molecule has 2 aliphatic carbocycles. The van der Waals surface area contributed by atoms with Crippen molar-refractivity contribution in [3.63, 3.8) is 0 Å². The van der Waals surface area contributed by atoms with Gasteiger partial charge in [0, 0.05) is 24.2 Å². The molecule has 0 amide bonds. The van der Waals surface area contributed by atoms with Gasteiger partial charge in [0.25, 0.3) is 0 Å². The van der Waals surface area contributed by atoms with Gasteiger partial charge in [0.1, 0.15) is 0 Å². The van der Waals surface area contributed by atoms with Crippen LogP contribution in [0.15, 0.2) is 24.5 Å². The lowest BCUT2D eigenvalue weighted by atomic mass is 10.4. The average Bonchev–Trinajstić information content (AvgIpc) is 3.22. The van der Waals surface area contributed by atoms with Crippen LogP contribution in [0.1, 0.15) is 49.2 Å². The molecule has 0 aromatic carbocycles. The highest BCUT2D eigenvalue weighted by Gasteiger charge is 2.35. The summed E-state index contributed by atoms with van der Waals surface area (Å²) in [6.45, 7) is 0. The van der Waals surface area contributed by atoms with Gasteiger partial charge in [-0.05, 0) is 37.8 Å². The second-order valence-corrected chi connectivity index (χ2v) is 4.84. The van der Waals surface area contributed by atoms with E-state index < -0.39 is 0 Å². The third-order valence-electron chi connectivity index (χ3n) is 3.39. The first-order chi connectivity index (χ1) is 7.93. The maximum absolute atomic E-state index is 4.39. The molecule has 0 atom stereocenters. The topological polar surface area (TPSA) is 35.6 Å². The van der Waals surface area contributed by atoms with E-state index in [2.05, 4.69) is 31.9 Å². The Kier molecular flexibility index (Phi) is 1.59. The van der Waals surface area contributed by atoms with E-state index in [1.807, 2.05) is 12.1 Å². The van der Waals surface area contributed by atoms with Crippen molar-refractivity contribution in [3.05, 3.63) is 36.2 Å². The standard InChI is InChI=1S/C12H14N4/c1-2-8-15(7-1)16-11(9-3-4-9)13-14-12(16)10-5-6-10/h1-2,7-10H,3-6H2. The van der Waals surface area contributed by atoms with Crippen molar-refractivity contribution >= 4 is 0 Å². The van der Waals surface area contributed by atoms with Gasteiger partial charge in [-0.2, -0.15) is 0 Å². The van der Waals surface area contributed by atoms with Gasteiger partial charge in [-0.3, -0.25) is 4.68 Å². The minimum Gasteiger partial charge on any atom is -0.261 e. The Labute approximate surface area is 93.9 Å². The molecule has 2 aromatic heterocycles. The van der Waals surface area contributed by atoms with Gasteiger partial charge in [-0.1, -0.05) is 0 Å². The summed E-state index contributed by atoms with van der Waals surface area (Å²) in [5.74, 6) is 3.58. The summed E-state index contributed by atoms with van der Waals surface area (Å²) < 4.78 is 4.33. The smallest absolute Gasteiger partial charge is 0.156 e. The molecule has 0 saturated heterocycles. The zero-order chi connectivity index (χ0) is 10.5. The molecule has 0 unspecified atom stereocenters. The van der Waals surface area contributed by atoms with E-state index in [0.29, 0.717) is 11.8 Å². The van der Waals surface area contributed by atoms with Gasteiger partial charge < -0.3 is 0 Å². The number of nitrogens with zero attached hydrogens (tertiary/aromatic N) is 4. The average molecular weight is 214 g/mol. The Morgan fingerprint density at radius 3 is 1.81 bits per heavy atom. The minimum atomic E-state index is 0.641. The van der Waals surface area contributed by atoms with E-state index in [4.69, 9.17) is 0 Å². The highest BCUT2D eigenvalue weighted by Crippen LogP contribution is 2.43. The Bertz CT molecular complexity index is 474. The highest BCUT2D eigenvalue weighted by molar-refractivity contribution is 5.15. The van der Waals surface area contributed by atoms with Gasteiger partial charge in [0.05, 0.1) is 0 Å². The molecule has 2 saturated carbocycles. The fourth-order valence-corrected chi connectivity index (χ4v) is 2.19. The molecule has 4 nitrogen and oxygen atoms in total. The predicted octanol–water partition coefficient (Wildman–Crippen LogP) is 2.15. The van der Waals surface area contributed by atoms with Crippen LogP contribution in [0.3, 0.4) is 0 Å². The van der Waals surface area contributed by atoms with Crippen molar-refractivity contribution < 1.29 is 0 Å². The van der Waals surface area contributed by atoms with Crippen LogP contribution in [0.25, 0.3) is 0 Å². The van der Waals surface area contributed by atoms with Gasteiger partial charge in [-0.25, -0.2) is 4.68 Å². The molecule has 4 heteroatoms. The van der Waals surface area contributed by atoms with Crippen molar-refractivity contribution in [2.45, 2.75) is 37.5 Å². The predicted molar refractivity (Wildman–Crippen MR) is 59.2 cm³/mol. The highest BCUT2D eigenvalue weighted by atomic mass is 15.5. The Hall–Kier alpha value is -1.58. The molecule has 0 spiro atoms. The van der Waals surface area contributed by atoms with Crippen molar-refractivity contribution in [2.75, 3.05) is 0 Å². The summed E-state index contributed by atoms with van der Waals surface area (Å²) in [6, 6.07) is 4.10. The number of rotatable bonds is 3. The van der Waals surface area contributed by atoms with Crippen LogP contribution in [-0.4, -0.2) is 19.5 Å². The molecule has 16 heavy (non-hydrogen) atoms. The molecule has 82 valence electrons. The van der Waals surface area contributed by atoms with E-state index in [9.17, 15) is 0 Å². The lowest BCUT2D eigenvalue weighted by Crippen LogP contribution is -2.13. The second-order valence-electron chi connectivity index (χ2n) is 4.84. The van der Waals surface area contributed by atoms with Crippen molar-refractivity contribution in [1.82, 2.24) is 19.5 Å². The summed E-state index contributed by atoms with van der Waals surface area (Å²) in [4.78, 5) is 0. The molecule has 0 aliphatic heterocycles. The molecule has 0 N–H and O–H groups in total. The first-order valence-corrected chi connectivity index (χ1v) is 6.02. The molecular weight excluding hydrogens is 200 g/mol. The van der Waals surface area contributed by atoms with Gasteiger partial charge in [0.2, 0.25) is 0 Å². The number of hydrogen-bond donors (Lipinski definition) is 0. The Morgan fingerprint density at radius 1 is 0.875 bits per heavy atom. The van der Waals surface area contributed by atoms with Crippen LogP contribution in [-0.2, 0) is 0 Å². The Balaban J connectivity index is 1.88. The summed E-state index contributed by atoms with van der Waals surface area (Å²) >= 11 is 0. The lowest BCUT2D eigenvalue weighted by Gasteiger charge is -2.10. The largest absolute Gasteiger partial charge is 0.261 e. The number of hydrogen-bond acceptors (Lipinski definition) is 2. The molecule has 2 heterocycles. The van der Waals surface area contributed by atoms with Crippen LogP contribution in [0, 0.1) is 0 Å².